The van der Waals surface area contributed by atoms with Gasteiger partial charge in [-0.2, -0.15) is 0 Å². The first-order valence-electron chi connectivity index (χ1n) is 6.69. The monoisotopic (exact) mass is 250 g/mol. The Labute approximate surface area is 109 Å². The summed E-state index contributed by atoms with van der Waals surface area (Å²) in [5.74, 6) is 1.12. The van der Waals surface area contributed by atoms with E-state index in [2.05, 4.69) is 30.3 Å². The summed E-state index contributed by atoms with van der Waals surface area (Å²) in [6.45, 7) is 0. The van der Waals surface area contributed by atoms with Gasteiger partial charge in [-0.15, -0.1) is 11.8 Å². The van der Waals surface area contributed by atoms with E-state index in [4.69, 9.17) is 0 Å². The van der Waals surface area contributed by atoms with Gasteiger partial charge in [0.2, 0.25) is 0 Å². The largest absolute Gasteiger partial charge is 0.390 e. The zero-order chi connectivity index (χ0) is 12.0. The van der Waals surface area contributed by atoms with Crippen LogP contribution in [0, 0.1) is 0 Å². The lowest BCUT2D eigenvalue weighted by molar-refractivity contribution is -0.00402. The zero-order valence-electron chi connectivity index (χ0n) is 10.4. The third kappa shape index (κ3) is 4.36. The summed E-state index contributed by atoms with van der Waals surface area (Å²) in [5, 5.41) is 10.4. The number of hydrogen-bond acceptors (Lipinski definition) is 2. The Morgan fingerprint density at radius 3 is 2.47 bits per heavy atom. The van der Waals surface area contributed by atoms with Crippen molar-refractivity contribution in [2.24, 2.45) is 0 Å². The minimum atomic E-state index is -0.338. The lowest BCUT2D eigenvalue weighted by Gasteiger charge is -2.32. The van der Waals surface area contributed by atoms with E-state index in [1.54, 1.807) is 0 Å². The fraction of sp³-hybridized carbons (Fsp3) is 0.600. The van der Waals surface area contributed by atoms with E-state index in [0.717, 1.165) is 31.4 Å². The lowest BCUT2D eigenvalue weighted by Crippen LogP contribution is -2.31. The number of hydrogen-bond donors (Lipinski definition) is 1. The fourth-order valence-corrected chi connectivity index (χ4v) is 3.44. The molecule has 1 aliphatic rings. The average Bonchev–Trinajstić information content (AvgIpc) is 2.37. The Balaban J connectivity index is 1.66. The molecule has 1 aromatic carbocycles. The molecule has 0 aromatic heterocycles. The number of aliphatic hydroxyl groups is 1. The van der Waals surface area contributed by atoms with Crippen molar-refractivity contribution in [3.05, 3.63) is 30.3 Å². The van der Waals surface area contributed by atoms with Gasteiger partial charge in [0, 0.05) is 4.90 Å². The first kappa shape index (κ1) is 13.0. The second kappa shape index (κ2) is 6.46. The molecule has 2 rings (SSSR count). The highest BCUT2D eigenvalue weighted by Crippen LogP contribution is 2.32. The van der Waals surface area contributed by atoms with Crippen LogP contribution in [0.4, 0.5) is 0 Å². The second-order valence-corrected chi connectivity index (χ2v) is 6.22. The Hall–Kier alpha value is -0.470. The van der Waals surface area contributed by atoms with Crippen molar-refractivity contribution in [3.63, 3.8) is 0 Å². The maximum absolute atomic E-state index is 10.4. The molecule has 0 saturated heterocycles. The highest BCUT2D eigenvalue weighted by molar-refractivity contribution is 7.99. The van der Waals surface area contributed by atoms with Gasteiger partial charge < -0.3 is 5.11 Å². The average molecular weight is 250 g/mol. The van der Waals surface area contributed by atoms with E-state index in [1.165, 1.54) is 24.2 Å². The van der Waals surface area contributed by atoms with Gasteiger partial charge in [0.1, 0.15) is 0 Å². The van der Waals surface area contributed by atoms with Crippen LogP contribution in [0.25, 0.3) is 0 Å². The summed E-state index contributed by atoms with van der Waals surface area (Å²) in [6, 6.07) is 10.5. The van der Waals surface area contributed by atoms with Crippen molar-refractivity contribution in [1.29, 1.82) is 0 Å². The third-order valence-electron chi connectivity index (χ3n) is 3.58. The Bertz CT molecular complexity index is 317. The molecule has 17 heavy (non-hydrogen) atoms. The number of rotatable bonds is 5. The second-order valence-electron chi connectivity index (χ2n) is 5.05. The van der Waals surface area contributed by atoms with Gasteiger partial charge in [-0.05, 0) is 43.6 Å². The molecule has 1 N–H and O–H groups in total. The summed E-state index contributed by atoms with van der Waals surface area (Å²) in [5.41, 5.74) is -0.338. The molecule has 0 spiro atoms. The van der Waals surface area contributed by atoms with Crippen LogP contribution in [0.3, 0.4) is 0 Å². The number of benzene rings is 1. The SMILES string of the molecule is OC1(CCCSc2ccccc2)CCCCC1. The molecule has 1 aromatic rings. The van der Waals surface area contributed by atoms with Crippen molar-refractivity contribution >= 4 is 11.8 Å². The standard InChI is InChI=1S/C15H22OS/c16-15(10-5-2-6-11-15)12-7-13-17-14-8-3-1-4-9-14/h1,3-4,8-9,16H,2,5-7,10-13H2. The van der Waals surface area contributed by atoms with E-state index in [-0.39, 0.29) is 5.60 Å². The van der Waals surface area contributed by atoms with Crippen LogP contribution >= 0.6 is 11.8 Å². The van der Waals surface area contributed by atoms with Crippen molar-refractivity contribution in [1.82, 2.24) is 0 Å². The van der Waals surface area contributed by atoms with Crippen LogP contribution in [0.2, 0.25) is 0 Å². The van der Waals surface area contributed by atoms with Crippen molar-refractivity contribution in [3.8, 4) is 0 Å². The van der Waals surface area contributed by atoms with Crippen LogP contribution < -0.4 is 0 Å². The van der Waals surface area contributed by atoms with Crippen molar-refractivity contribution in [2.75, 3.05) is 5.75 Å². The van der Waals surface area contributed by atoms with E-state index < -0.39 is 0 Å². The van der Waals surface area contributed by atoms with E-state index in [9.17, 15) is 5.11 Å². The molecule has 1 nitrogen and oxygen atoms in total. The number of thioether (sulfide) groups is 1. The van der Waals surface area contributed by atoms with Gasteiger partial charge in [0.25, 0.3) is 0 Å². The van der Waals surface area contributed by atoms with Gasteiger partial charge in [0.15, 0.2) is 0 Å². The van der Waals surface area contributed by atoms with Crippen LogP contribution in [0.1, 0.15) is 44.9 Å². The molecule has 1 aliphatic carbocycles. The molecule has 0 atom stereocenters. The van der Waals surface area contributed by atoms with Gasteiger partial charge >= 0.3 is 0 Å². The summed E-state index contributed by atoms with van der Waals surface area (Å²) < 4.78 is 0. The molecular formula is C15H22OS. The van der Waals surface area contributed by atoms with Crippen LogP contribution in [0.15, 0.2) is 35.2 Å². The van der Waals surface area contributed by atoms with Gasteiger partial charge in [-0.25, -0.2) is 0 Å². The molecule has 1 saturated carbocycles. The van der Waals surface area contributed by atoms with Gasteiger partial charge in [-0.1, -0.05) is 37.5 Å². The summed E-state index contributed by atoms with van der Waals surface area (Å²) >= 11 is 1.90. The van der Waals surface area contributed by atoms with Gasteiger partial charge in [0.05, 0.1) is 5.60 Å². The molecule has 2 heteroatoms. The molecule has 0 bridgehead atoms. The third-order valence-corrected chi connectivity index (χ3v) is 4.68. The van der Waals surface area contributed by atoms with E-state index in [0.29, 0.717) is 0 Å². The van der Waals surface area contributed by atoms with Crippen molar-refractivity contribution in [2.45, 2.75) is 55.4 Å². The van der Waals surface area contributed by atoms with Crippen LogP contribution in [0.5, 0.6) is 0 Å². The zero-order valence-corrected chi connectivity index (χ0v) is 11.2. The highest BCUT2D eigenvalue weighted by Gasteiger charge is 2.28. The smallest absolute Gasteiger partial charge is 0.0648 e. The topological polar surface area (TPSA) is 20.2 Å². The summed E-state index contributed by atoms with van der Waals surface area (Å²) in [6.07, 6.45) is 7.86. The molecule has 1 fully saturated rings. The Morgan fingerprint density at radius 1 is 1.06 bits per heavy atom. The highest BCUT2D eigenvalue weighted by atomic mass is 32.2. The van der Waals surface area contributed by atoms with Crippen LogP contribution in [-0.2, 0) is 0 Å². The van der Waals surface area contributed by atoms with Gasteiger partial charge in [-0.3, -0.25) is 0 Å². The first-order chi connectivity index (χ1) is 8.29. The molecule has 94 valence electrons. The maximum Gasteiger partial charge on any atom is 0.0648 e. The minimum Gasteiger partial charge on any atom is -0.390 e. The molecule has 0 radical (unpaired) electrons. The molecule has 0 amide bonds. The van der Waals surface area contributed by atoms with Crippen molar-refractivity contribution < 1.29 is 5.11 Å². The Morgan fingerprint density at radius 2 is 1.76 bits per heavy atom. The summed E-state index contributed by atoms with van der Waals surface area (Å²) in [7, 11) is 0. The van der Waals surface area contributed by atoms with Crippen LogP contribution in [-0.4, -0.2) is 16.5 Å². The molecular weight excluding hydrogens is 228 g/mol. The van der Waals surface area contributed by atoms with E-state index in [1.807, 2.05) is 11.8 Å². The molecule has 0 heterocycles. The Kier molecular flexibility index (Phi) is 4.93. The predicted octanol–water partition coefficient (Wildman–Crippen LogP) is 4.25. The quantitative estimate of drug-likeness (QED) is 0.622. The minimum absolute atomic E-state index is 0.338. The molecule has 0 aliphatic heterocycles. The lowest BCUT2D eigenvalue weighted by atomic mass is 9.82. The fourth-order valence-electron chi connectivity index (χ4n) is 2.57. The normalized spacial score (nSPS) is 19.1. The predicted molar refractivity (Wildman–Crippen MR) is 74.4 cm³/mol. The van der Waals surface area contributed by atoms with E-state index >= 15 is 0 Å². The maximum atomic E-state index is 10.4. The molecule has 0 unspecified atom stereocenters. The summed E-state index contributed by atoms with van der Waals surface area (Å²) in [4.78, 5) is 1.34. The first-order valence-corrected chi connectivity index (χ1v) is 7.67.